The van der Waals surface area contributed by atoms with Gasteiger partial charge in [0, 0.05) is 20.9 Å². The van der Waals surface area contributed by atoms with Gasteiger partial charge in [-0.2, -0.15) is 0 Å². The van der Waals surface area contributed by atoms with Crippen molar-refractivity contribution in [2.24, 2.45) is 0 Å². The lowest BCUT2D eigenvalue weighted by Crippen LogP contribution is -2.74. The Labute approximate surface area is 342 Å². The Balaban J connectivity index is 1.09. The van der Waals surface area contributed by atoms with Crippen LogP contribution in [-0.2, 0) is 0 Å². The van der Waals surface area contributed by atoms with Crippen molar-refractivity contribution in [3.63, 3.8) is 0 Å². The Hall–Kier alpha value is -6.85. The highest BCUT2D eigenvalue weighted by Crippen LogP contribution is 2.48. The van der Waals surface area contributed by atoms with Crippen LogP contribution in [0.4, 0.5) is 17.1 Å². The fraction of sp³-hybridized carbons (Fsp3) is 0. The van der Waals surface area contributed by atoms with Gasteiger partial charge in [-0.1, -0.05) is 182 Å². The highest BCUT2D eigenvalue weighted by Gasteiger charge is 2.53. The summed E-state index contributed by atoms with van der Waals surface area (Å²) in [5, 5.41) is 8.08. The van der Waals surface area contributed by atoms with Crippen LogP contribution < -0.4 is 25.6 Å². The summed E-state index contributed by atoms with van der Waals surface area (Å²) < 4.78 is 6.52. The zero-order valence-corrected chi connectivity index (χ0v) is 33.3. The molecule has 0 amide bonds. The van der Waals surface area contributed by atoms with Gasteiger partial charge in [-0.15, -0.1) is 0 Å². The molecule has 0 aliphatic carbocycles. The summed E-state index contributed by atoms with van der Waals surface area (Å²) >= 11 is 1.92. The topological polar surface area (TPSA) is 16.4 Å². The summed E-state index contributed by atoms with van der Waals surface area (Å²) in [5.41, 5.74) is 12.7. The van der Waals surface area contributed by atoms with E-state index in [9.17, 15) is 0 Å². The van der Waals surface area contributed by atoms with Crippen molar-refractivity contribution in [2.45, 2.75) is 9.79 Å². The van der Waals surface area contributed by atoms with E-state index in [0.717, 1.165) is 33.3 Å². The third kappa shape index (κ3) is 4.86. The highest BCUT2D eigenvalue weighted by atomic mass is 32.2. The van der Waals surface area contributed by atoms with Gasteiger partial charge in [-0.05, 0) is 96.6 Å². The minimum Gasteiger partial charge on any atom is -0.456 e. The molecular weight excluding hydrogens is 739 g/mol. The molecule has 0 fully saturated rings. The van der Waals surface area contributed by atoms with Gasteiger partial charge < -0.3 is 9.32 Å². The number of hydrogen-bond acceptors (Lipinski definition) is 3. The summed E-state index contributed by atoms with van der Waals surface area (Å²) in [7, 11) is -2.71. The molecule has 272 valence electrons. The normalized spacial score (nSPS) is 13.2. The SMILES string of the molecule is c1ccc(-c2ccc(-c3ccc(N(c4cccc5c4Sc4ccccc4[Si]54c5ccccc5-c5ccccc54)c4cccc5oc6ccccc6c45)cc3)cc2)cc1. The van der Waals surface area contributed by atoms with Crippen LogP contribution in [0.3, 0.4) is 0 Å². The van der Waals surface area contributed by atoms with E-state index in [1.165, 1.54) is 69.6 Å². The summed E-state index contributed by atoms with van der Waals surface area (Å²) in [6, 6.07) is 78.1. The molecule has 0 atom stereocenters. The van der Waals surface area contributed by atoms with Gasteiger partial charge in [0.1, 0.15) is 11.2 Å². The largest absolute Gasteiger partial charge is 0.456 e. The van der Waals surface area contributed by atoms with Crippen molar-refractivity contribution in [3.05, 3.63) is 212 Å². The number of fused-ring (bicyclic) bond motifs is 12. The van der Waals surface area contributed by atoms with E-state index < -0.39 is 8.07 Å². The number of hydrogen-bond donors (Lipinski definition) is 0. The molecule has 58 heavy (non-hydrogen) atoms. The smallest absolute Gasteiger partial charge is 0.183 e. The van der Waals surface area contributed by atoms with Crippen LogP contribution >= 0.6 is 11.8 Å². The van der Waals surface area contributed by atoms with Crippen LogP contribution in [-0.4, -0.2) is 8.07 Å². The van der Waals surface area contributed by atoms with Crippen molar-refractivity contribution in [1.82, 2.24) is 0 Å². The minimum atomic E-state index is -2.71. The predicted octanol–water partition coefficient (Wildman–Crippen LogP) is 12.2. The van der Waals surface area contributed by atoms with E-state index in [0.29, 0.717) is 0 Å². The Kier molecular flexibility index (Phi) is 7.52. The molecule has 0 radical (unpaired) electrons. The molecule has 1 aromatic heterocycles. The van der Waals surface area contributed by atoms with E-state index in [1.807, 2.05) is 11.8 Å². The van der Waals surface area contributed by atoms with Crippen LogP contribution in [0.2, 0.25) is 0 Å². The Morgan fingerprint density at radius 2 is 0.897 bits per heavy atom. The van der Waals surface area contributed by atoms with Crippen LogP contribution in [0, 0.1) is 0 Å². The van der Waals surface area contributed by atoms with E-state index in [4.69, 9.17) is 4.42 Å². The van der Waals surface area contributed by atoms with E-state index >= 15 is 0 Å². The maximum atomic E-state index is 6.52. The second-order valence-electron chi connectivity index (χ2n) is 15.2. The van der Waals surface area contributed by atoms with Crippen molar-refractivity contribution in [3.8, 4) is 33.4 Å². The average molecular weight is 774 g/mol. The lowest BCUT2D eigenvalue weighted by molar-refractivity contribution is 0.669. The summed E-state index contributed by atoms with van der Waals surface area (Å²) in [6.45, 7) is 0. The summed E-state index contributed by atoms with van der Waals surface area (Å²) in [5.74, 6) is 0. The first-order valence-electron chi connectivity index (χ1n) is 19.8. The first kappa shape index (κ1) is 33.3. The number of anilines is 3. The molecule has 4 heteroatoms. The molecule has 9 aromatic carbocycles. The zero-order valence-electron chi connectivity index (χ0n) is 31.5. The molecular formula is C54H35NOSSi. The maximum Gasteiger partial charge on any atom is 0.183 e. The molecule has 2 aliphatic heterocycles. The molecule has 12 rings (SSSR count). The number of para-hydroxylation sites is 1. The lowest BCUT2D eigenvalue weighted by atomic mass is 10.00. The molecule has 2 nitrogen and oxygen atoms in total. The molecule has 3 heterocycles. The Morgan fingerprint density at radius 3 is 1.62 bits per heavy atom. The molecule has 0 bridgehead atoms. The molecule has 2 aliphatic rings. The van der Waals surface area contributed by atoms with E-state index in [-0.39, 0.29) is 0 Å². The Bertz CT molecular complexity index is 3160. The van der Waals surface area contributed by atoms with Gasteiger partial charge >= 0.3 is 0 Å². The number of benzene rings is 9. The van der Waals surface area contributed by atoms with E-state index in [2.05, 4.69) is 217 Å². The van der Waals surface area contributed by atoms with Crippen LogP contribution in [0.15, 0.2) is 227 Å². The third-order valence-corrected chi connectivity index (χ3v) is 18.7. The fourth-order valence-corrected chi connectivity index (χ4v) is 17.2. The van der Waals surface area contributed by atoms with Gasteiger partial charge in [0.05, 0.1) is 16.8 Å². The first-order chi connectivity index (χ1) is 28.8. The molecule has 0 saturated carbocycles. The average Bonchev–Trinajstić information content (AvgIpc) is 3.82. The van der Waals surface area contributed by atoms with Gasteiger partial charge in [0.25, 0.3) is 0 Å². The summed E-state index contributed by atoms with van der Waals surface area (Å²) in [4.78, 5) is 5.13. The third-order valence-electron chi connectivity index (χ3n) is 12.2. The van der Waals surface area contributed by atoms with E-state index in [1.54, 1.807) is 0 Å². The molecule has 0 N–H and O–H groups in total. The van der Waals surface area contributed by atoms with Crippen molar-refractivity contribution >= 4 is 79.6 Å². The zero-order chi connectivity index (χ0) is 38.2. The molecule has 0 saturated heterocycles. The van der Waals surface area contributed by atoms with Crippen molar-refractivity contribution in [2.75, 3.05) is 4.90 Å². The van der Waals surface area contributed by atoms with Gasteiger partial charge in [-0.3, -0.25) is 0 Å². The predicted molar refractivity (Wildman–Crippen MR) is 246 cm³/mol. The highest BCUT2D eigenvalue weighted by molar-refractivity contribution is 8.00. The van der Waals surface area contributed by atoms with Gasteiger partial charge in [0.15, 0.2) is 8.07 Å². The quantitative estimate of drug-likeness (QED) is 0.162. The van der Waals surface area contributed by atoms with Crippen molar-refractivity contribution < 1.29 is 4.42 Å². The van der Waals surface area contributed by atoms with Gasteiger partial charge in [0.2, 0.25) is 0 Å². The van der Waals surface area contributed by atoms with Crippen LogP contribution in [0.5, 0.6) is 0 Å². The van der Waals surface area contributed by atoms with Crippen molar-refractivity contribution in [1.29, 1.82) is 0 Å². The lowest BCUT2D eigenvalue weighted by Gasteiger charge is -2.39. The number of rotatable bonds is 5. The monoisotopic (exact) mass is 773 g/mol. The van der Waals surface area contributed by atoms with Crippen LogP contribution in [0.1, 0.15) is 0 Å². The fourth-order valence-electron chi connectivity index (χ4n) is 9.68. The van der Waals surface area contributed by atoms with Gasteiger partial charge in [-0.25, -0.2) is 0 Å². The first-order valence-corrected chi connectivity index (χ1v) is 22.7. The summed E-state index contributed by atoms with van der Waals surface area (Å²) in [6.07, 6.45) is 0. The second kappa shape index (κ2) is 13.1. The minimum absolute atomic E-state index is 0.881. The second-order valence-corrected chi connectivity index (χ2v) is 19.9. The number of furan rings is 1. The molecule has 10 aromatic rings. The van der Waals surface area contributed by atoms with Crippen LogP contribution in [0.25, 0.3) is 55.3 Å². The maximum absolute atomic E-state index is 6.52. The number of nitrogens with zero attached hydrogens (tertiary/aromatic N) is 1. The molecule has 0 unspecified atom stereocenters. The standard InChI is InChI=1S/C54H35NOSSi/c1-2-14-36(15-3-1)37-28-30-38(31-29-37)39-32-34-40(35-33-39)55(44-19-12-22-47-53(44)43-18-4-7-21-46(43)56-47)45-20-13-27-52-54(45)57-48-23-8-11-26-51(48)58(52)49-24-9-5-16-41(49)42-17-6-10-25-50(42)58/h1-35H. The molecule has 1 spiro atoms. The Morgan fingerprint density at radius 1 is 0.379 bits per heavy atom.